The molecular weight excluding hydrogens is 438 g/mol. The third-order valence-corrected chi connectivity index (χ3v) is 9.91. The van der Waals surface area contributed by atoms with E-state index in [2.05, 4.69) is 46.4 Å². The predicted molar refractivity (Wildman–Crippen MR) is 140 cm³/mol. The molecular formula is C30H47NO4. The van der Waals surface area contributed by atoms with Crippen LogP contribution in [0, 0.1) is 23.2 Å². The maximum Gasteiger partial charge on any atom is 0.254 e. The number of hydrogen-bond donors (Lipinski definition) is 3. The second kappa shape index (κ2) is 9.79. The van der Waals surface area contributed by atoms with Crippen molar-refractivity contribution in [3.63, 3.8) is 0 Å². The predicted octanol–water partition coefficient (Wildman–Crippen LogP) is 4.91. The summed E-state index contributed by atoms with van der Waals surface area (Å²) in [5.41, 5.74) is 2.24. The summed E-state index contributed by atoms with van der Waals surface area (Å²) >= 11 is 0. The molecule has 1 saturated heterocycles. The highest BCUT2D eigenvalue weighted by Crippen LogP contribution is 2.60. The molecule has 8 atom stereocenters. The lowest BCUT2D eigenvalue weighted by atomic mass is 9.60. The van der Waals surface area contributed by atoms with Gasteiger partial charge in [0.1, 0.15) is 5.60 Å². The first-order valence-corrected chi connectivity index (χ1v) is 13.8. The summed E-state index contributed by atoms with van der Waals surface area (Å²) in [6.45, 7) is 14.7. The summed E-state index contributed by atoms with van der Waals surface area (Å²) in [5.74, 6) is 1.53. The number of aliphatic hydroxyl groups excluding tert-OH is 2. The zero-order chi connectivity index (χ0) is 25.7. The number of fused-ring (bicyclic) bond motifs is 1. The van der Waals surface area contributed by atoms with E-state index in [1.54, 1.807) is 6.92 Å². The van der Waals surface area contributed by atoms with Crippen molar-refractivity contribution in [3.8, 4) is 0 Å². The van der Waals surface area contributed by atoms with Crippen LogP contribution in [0.1, 0.15) is 92.4 Å². The number of hydrogen-bond acceptors (Lipinski definition) is 4. The molecule has 3 saturated carbocycles. The third-order valence-electron chi connectivity index (χ3n) is 9.91. The van der Waals surface area contributed by atoms with Crippen molar-refractivity contribution in [2.24, 2.45) is 23.2 Å². The third kappa shape index (κ3) is 4.93. The molecule has 3 aliphatic carbocycles. The quantitative estimate of drug-likeness (QED) is 0.517. The molecule has 1 aliphatic heterocycles. The van der Waals surface area contributed by atoms with Gasteiger partial charge in [0.05, 0.1) is 12.2 Å². The Morgan fingerprint density at radius 1 is 1.17 bits per heavy atom. The van der Waals surface area contributed by atoms with E-state index in [0.29, 0.717) is 37.0 Å². The Labute approximate surface area is 212 Å². The highest BCUT2D eigenvalue weighted by Gasteiger charge is 2.53. The second-order valence-electron chi connectivity index (χ2n) is 12.8. The topological polar surface area (TPSA) is 81.0 Å². The van der Waals surface area contributed by atoms with Gasteiger partial charge in [-0.15, -0.1) is 0 Å². The Kier molecular flexibility index (Phi) is 7.45. The van der Waals surface area contributed by atoms with Gasteiger partial charge in [-0.2, -0.15) is 0 Å². The number of carbonyl (C=O) groups is 1. The van der Waals surface area contributed by atoms with Gasteiger partial charge in [-0.1, -0.05) is 38.2 Å². The van der Waals surface area contributed by atoms with Gasteiger partial charge in [0, 0.05) is 24.9 Å². The van der Waals surface area contributed by atoms with Gasteiger partial charge in [-0.05, 0) is 100 Å². The Bertz CT molecular complexity index is 902. The summed E-state index contributed by atoms with van der Waals surface area (Å²) in [5, 5.41) is 31.0. The van der Waals surface area contributed by atoms with E-state index in [1.807, 2.05) is 4.90 Å². The summed E-state index contributed by atoms with van der Waals surface area (Å²) in [6, 6.07) is 0.207. The largest absolute Gasteiger partial charge is 0.393 e. The van der Waals surface area contributed by atoms with Gasteiger partial charge in [-0.3, -0.25) is 4.79 Å². The number of amides is 1. The van der Waals surface area contributed by atoms with Crippen molar-refractivity contribution in [2.75, 3.05) is 0 Å². The maximum atomic E-state index is 12.8. The smallest absolute Gasteiger partial charge is 0.254 e. The minimum atomic E-state index is -1.24. The van der Waals surface area contributed by atoms with Crippen LogP contribution in [-0.2, 0) is 4.79 Å². The van der Waals surface area contributed by atoms with E-state index in [-0.39, 0.29) is 23.4 Å². The Morgan fingerprint density at radius 3 is 2.57 bits per heavy atom. The highest BCUT2D eigenvalue weighted by molar-refractivity contribution is 5.87. The van der Waals surface area contributed by atoms with E-state index in [1.165, 1.54) is 31.3 Å². The molecule has 0 radical (unpaired) electrons. The maximum absolute atomic E-state index is 12.8. The van der Waals surface area contributed by atoms with Crippen LogP contribution in [0.25, 0.3) is 0 Å². The fraction of sp³-hybridized carbons (Fsp3) is 0.767. The Morgan fingerprint density at radius 2 is 1.89 bits per heavy atom. The summed E-state index contributed by atoms with van der Waals surface area (Å²) < 4.78 is 0. The fourth-order valence-electron chi connectivity index (χ4n) is 8.21. The van der Waals surface area contributed by atoms with Crippen LogP contribution in [0.3, 0.4) is 0 Å². The van der Waals surface area contributed by atoms with Crippen LogP contribution >= 0.6 is 0 Å². The molecule has 0 aromatic rings. The zero-order valence-corrected chi connectivity index (χ0v) is 22.5. The van der Waals surface area contributed by atoms with Gasteiger partial charge < -0.3 is 20.2 Å². The Hall–Kier alpha value is -1.43. The first-order chi connectivity index (χ1) is 16.3. The van der Waals surface area contributed by atoms with Crippen LogP contribution in [-0.4, -0.2) is 56.0 Å². The molecule has 4 fully saturated rings. The summed E-state index contributed by atoms with van der Waals surface area (Å²) in [6.07, 6.45) is 11.6. The van der Waals surface area contributed by atoms with E-state index >= 15 is 0 Å². The highest BCUT2D eigenvalue weighted by atomic mass is 16.3. The zero-order valence-electron chi connectivity index (χ0n) is 22.5. The van der Waals surface area contributed by atoms with Gasteiger partial charge in [0.15, 0.2) is 0 Å². The number of likely N-dealkylation sites (tertiary alicyclic amines) is 1. The normalized spacial score (nSPS) is 43.5. The molecule has 5 heteroatoms. The van der Waals surface area contributed by atoms with Crippen LogP contribution in [0.4, 0.5) is 0 Å². The van der Waals surface area contributed by atoms with Crippen molar-refractivity contribution in [1.82, 2.24) is 4.90 Å². The molecule has 35 heavy (non-hydrogen) atoms. The van der Waals surface area contributed by atoms with E-state index < -0.39 is 17.8 Å². The van der Waals surface area contributed by atoms with Gasteiger partial charge in [0.2, 0.25) is 0 Å². The fourth-order valence-corrected chi connectivity index (χ4v) is 8.21. The molecule has 4 aliphatic rings. The molecule has 0 aromatic carbocycles. The molecule has 0 aromatic heterocycles. The first kappa shape index (κ1) is 26.6. The molecule has 1 heterocycles. The molecule has 4 rings (SSSR count). The Balaban J connectivity index is 1.50. The molecule has 5 nitrogen and oxygen atoms in total. The molecule has 196 valence electrons. The standard InChI is InChI=1S/C30H47NO4/c1-18(2)31-23(17-30(6,35)28(31)34)14-19(3)25-11-12-26-21(8-7-13-29(25,26)5)9-10-22-15-24(32)16-27(33)20(22)4/h9-10,18-19,23-27,32-33,35H,4,7-8,11-17H2,1-3,5-6H3/b21-9+,22-10-/t19-,23+,24-,25-,26+,27+,29-,30-/m1/s1. The minimum Gasteiger partial charge on any atom is -0.393 e. The number of allylic oxidation sites excluding steroid dienone is 3. The van der Waals surface area contributed by atoms with Crippen molar-refractivity contribution in [1.29, 1.82) is 0 Å². The lowest BCUT2D eigenvalue weighted by Crippen LogP contribution is -2.44. The van der Waals surface area contributed by atoms with Gasteiger partial charge in [-0.25, -0.2) is 0 Å². The summed E-state index contributed by atoms with van der Waals surface area (Å²) in [7, 11) is 0. The van der Waals surface area contributed by atoms with Gasteiger partial charge in [0.25, 0.3) is 5.91 Å². The molecule has 0 bridgehead atoms. The molecule has 3 N–H and O–H groups in total. The number of carbonyl (C=O) groups excluding carboxylic acids is 1. The van der Waals surface area contributed by atoms with Crippen LogP contribution in [0.5, 0.6) is 0 Å². The van der Waals surface area contributed by atoms with Crippen molar-refractivity contribution in [3.05, 3.63) is 35.5 Å². The van der Waals surface area contributed by atoms with Crippen molar-refractivity contribution < 1.29 is 20.1 Å². The van der Waals surface area contributed by atoms with Crippen LogP contribution in [0.2, 0.25) is 0 Å². The molecule has 1 amide bonds. The van der Waals surface area contributed by atoms with Crippen LogP contribution < -0.4 is 0 Å². The SMILES string of the molecule is C=C1/C(=C\C=C2/CCC[C@]3(C)[C@@H]([C@H](C)C[C@H]4C[C@@](C)(O)C(=O)N4C(C)C)CC[C@@H]23)C[C@@H](O)C[C@@H]1O. The van der Waals surface area contributed by atoms with E-state index in [0.717, 1.165) is 24.0 Å². The summed E-state index contributed by atoms with van der Waals surface area (Å²) in [4.78, 5) is 14.7. The van der Waals surface area contributed by atoms with Crippen molar-refractivity contribution in [2.45, 2.75) is 122 Å². The van der Waals surface area contributed by atoms with Gasteiger partial charge >= 0.3 is 0 Å². The lowest BCUT2D eigenvalue weighted by Gasteiger charge is -2.45. The van der Waals surface area contributed by atoms with E-state index in [9.17, 15) is 20.1 Å². The monoisotopic (exact) mass is 485 g/mol. The van der Waals surface area contributed by atoms with Crippen molar-refractivity contribution >= 4 is 5.91 Å². The average Bonchev–Trinajstić information content (AvgIpc) is 3.22. The first-order valence-electron chi connectivity index (χ1n) is 13.8. The van der Waals surface area contributed by atoms with Crippen LogP contribution in [0.15, 0.2) is 35.5 Å². The number of nitrogens with zero attached hydrogens (tertiary/aromatic N) is 1. The molecule has 0 unspecified atom stereocenters. The second-order valence-corrected chi connectivity index (χ2v) is 12.8. The number of rotatable bonds is 5. The minimum absolute atomic E-state index is 0.101. The lowest BCUT2D eigenvalue weighted by molar-refractivity contribution is -0.143. The van der Waals surface area contributed by atoms with E-state index in [4.69, 9.17) is 0 Å². The number of aliphatic hydroxyl groups is 3. The molecule has 0 spiro atoms. The average molecular weight is 486 g/mol.